The summed E-state index contributed by atoms with van der Waals surface area (Å²) < 4.78 is 5.25. The number of carbonyl (C=O) groups is 2. The lowest BCUT2D eigenvalue weighted by Gasteiger charge is -2.32. The summed E-state index contributed by atoms with van der Waals surface area (Å²) in [6.45, 7) is 1.30. The highest BCUT2D eigenvalue weighted by Gasteiger charge is 2.24. The lowest BCUT2D eigenvalue weighted by Crippen LogP contribution is -2.46. The topological polar surface area (TPSA) is 88.3 Å². The molecule has 28 heavy (non-hydrogen) atoms. The maximum atomic E-state index is 12.5. The van der Waals surface area contributed by atoms with Crippen LogP contribution in [0.1, 0.15) is 35.5 Å². The number of carbonyl (C=O) groups excluding carboxylic acids is 2. The lowest BCUT2D eigenvalue weighted by molar-refractivity contribution is -0.132. The quantitative estimate of drug-likeness (QED) is 0.667. The summed E-state index contributed by atoms with van der Waals surface area (Å²) in [6.07, 6.45) is 2.32. The number of hydrogen-bond acceptors (Lipinski definition) is 7. The van der Waals surface area contributed by atoms with Gasteiger partial charge in [0.1, 0.15) is 0 Å². The maximum Gasteiger partial charge on any atom is 0.252 e. The van der Waals surface area contributed by atoms with Gasteiger partial charge in [-0.1, -0.05) is 5.16 Å². The van der Waals surface area contributed by atoms with Gasteiger partial charge < -0.3 is 14.7 Å². The Balaban J connectivity index is 1.21. The Labute approximate surface area is 170 Å². The molecule has 1 fully saturated rings. The molecule has 3 aromatic heterocycles. The number of thiophene rings is 2. The summed E-state index contributed by atoms with van der Waals surface area (Å²) in [6, 6.07) is 3.87. The minimum absolute atomic E-state index is 0.0381. The van der Waals surface area contributed by atoms with E-state index in [4.69, 9.17) is 4.52 Å². The minimum atomic E-state index is -0.0381. The molecule has 9 heteroatoms. The SMILES string of the molecule is O=C(NC1CCN(C(=O)CCc2nc(-c3ccsc3)no2)CC1)c1ccsc1. The van der Waals surface area contributed by atoms with Crippen LogP contribution in [0.3, 0.4) is 0 Å². The van der Waals surface area contributed by atoms with Crippen LogP contribution >= 0.6 is 22.7 Å². The Kier molecular flexibility index (Phi) is 5.82. The number of nitrogens with one attached hydrogen (secondary N) is 1. The first kappa shape index (κ1) is 18.8. The molecule has 1 aliphatic heterocycles. The molecule has 0 atom stereocenters. The van der Waals surface area contributed by atoms with Crippen LogP contribution in [0, 0.1) is 0 Å². The summed E-state index contributed by atoms with van der Waals surface area (Å²) in [5.41, 5.74) is 1.63. The van der Waals surface area contributed by atoms with Crippen LogP contribution in [0.5, 0.6) is 0 Å². The van der Waals surface area contributed by atoms with E-state index in [0.717, 1.165) is 18.4 Å². The van der Waals surface area contributed by atoms with Gasteiger partial charge >= 0.3 is 0 Å². The van der Waals surface area contributed by atoms with Crippen LogP contribution in [0.25, 0.3) is 11.4 Å². The molecule has 0 bridgehead atoms. The van der Waals surface area contributed by atoms with Gasteiger partial charge in [-0.05, 0) is 35.7 Å². The van der Waals surface area contributed by atoms with E-state index in [1.165, 1.54) is 11.3 Å². The fraction of sp³-hybridized carbons (Fsp3) is 0.368. The average molecular weight is 417 g/mol. The molecule has 1 saturated heterocycles. The van der Waals surface area contributed by atoms with Gasteiger partial charge in [-0.25, -0.2) is 0 Å². The van der Waals surface area contributed by atoms with Crippen molar-refractivity contribution in [2.75, 3.05) is 13.1 Å². The molecule has 146 valence electrons. The summed E-state index contributed by atoms with van der Waals surface area (Å²) in [7, 11) is 0. The van der Waals surface area contributed by atoms with Crippen molar-refractivity contribution in [2.24, 2.45) is 0 Å². The van der Waals surface area contributed by atoms with Crippen molar-refractivity contribution in [1.29, 1.82) is 0 Å². The minimum Gasteiger partial charge on any atom is -0.349 e. The van der Waals surface area contributed by atoms with E-state index >= 15 is 0 Å². The Morgan fingerprint density at radius 1 is 1.18 bits per heavy atom. The van der Waals surface area contributed by atoms with Crippen molar-refractivity contribution in [3.63, 3.8) is 0 Å². The maximum absolute atomic E-state index is 12.5. The first-order valence-electron chi connectivity index (χ1n) is 9.15. The van der Waals surface area contributed by atoms with Crippen LogP contribution in [0.4, 0.5) is 0 Å². The van der Waals surface area contributed by atoms with E-state index in [0.29, 0.717) is 43.2 Å². The van der Waals surface area contributed by atoms with Gasteiger partial charge in [0.2, 0.25) is 17.6 Å². The third-order valence-corrected chi connectivity index (χ3v) is 6.13. The molecular formula is C19H20N4O3S2. The van der Waals surface area contributed by atoms with Crippen LogP contribution in [0.15, 0.2) is 38.2 Å². The Morgan fingerprint density at radius 3 is 2.68 bits per heavy atom. The van der Waals surface area contributed by atoms with Crippen molar-refractivity contribution < 1.29 is 14.1 Å². The average Bonchev–Trinajstić information content (AvgIpc) is 3.49. The van der Waals surface area contributed by atoms with Crippen LogP contribution in [-0.4, -0.2) is 46.0 Å². The second kappa shape index (κ2) is 8.66. The van der Waals surface area contributed by atoms with E-state index < -0.39 is 0 Å². The van der Waals surface area contributed by atoms with Gasteiger partial charge in [0, 0.05) is 53.9 Å². The number of likely N-dealkylation sites (tertiary alicyclic amines) is 1. The fourth-order valence-electron chi connectivity index (χ4n) is 3.17. The molecule has 3 aromatic rings. The zero-order valence-corrected chi connectivity index (χ0v) is 16.8. The van der Waals surface area contributed by atoms with Gasteiger partial charge in [-0.15, -0.1) is 0 Å². The number of piperidine rings is 1. The second-order valence-corrected chi connectivity index (χ2v) is 8.22. The summed E-state index contributed by atoms with van der Waals surface area (Å²) in [5.74, 6) is 1.08. The van der Waals surface area contributed by atoms with Crippen LogP contribution < -0.4 is 5.32 Å². The normalized spacial score (nSPS) is 14.9. The van der Waals surface area contributed by atoms with Crippen LogP contribution in [0.2, 0.25) is 0 Å². The Morgan fingerprint density at radius 2 is 1.96 bits per heavy atom. The summed E-state index contributed by atoms with van der Waals surface area (Å²) in [5, 5.41) is 14.7. The molecule has 0 aromatic carbocycles. The van der Waals surface area contributed by atoms with E-state index in [1.54, 1.807) is 11.3 Å². The highest BCUT2D eigenvalue weighted by molar-refractivity contribution is 7.08. The van der Waals surface area contributed by atoms with E-state index in [-0.39, 0.29) is 17.9 Å². The van der Waals surface area contributed by atoms with E-state index in [9.17, 15) is 9.59 Å². The molecule has 0 saturated carbocycles. The number of amides is 2. The number of aryl methyl sites for hydroxylation is 1. The number of hydrogen-bond donors (Lipinski definition) is 1. The molecule has 4 heterocycles. The second-order valence-electron chi connectivity index (χ2n) is 6.66. The summed E-state index contributed by atoms with van der Waals surface area (Å²) in [4.78, 5) is 30.8. The third kappa shape index (κ3) is 4.48. The molecule has 0 unspecified atom stereocenters. The van der Waals surface area contributed by atoms with Gasteiger partial charge in [0.25, 0.3) is 5.91 Å². The van der Waals surface area contributed by atoms with E-state index in [1.807, 2.05) is 38.6 Å². The predicted molar refractivity (Wildman–Crippen MR) is 107 cm³/mol. The van der Waals surface area contributed by atoms with Gasteiger partial charge in [0.05, 0.1) is 0 Å². The third-order valence-electron chi connectivity index (χ3n) is 4.77. The monoisotopic (exact) mass is 416 g/mol. The predicted octanol–water partition coefficient (Wildman–Crippen LogP) is 3.21. The van der Waals surface area contributed by atoms with E-state index in [2.05, 4.69) is 15.5 Å². The fourth-order valence-corrected chi connectivity index (χ4v) is 4.44. The highest BCUT2D eigenvalue weighted by Crippen LogP contribution is 2.19. The molecule has 1 N–H and O–H groups in total. The largest absolute Gasteiger partial charge is 0.349 e. The Hall–Kier alpha value is -2.52. The number of rotatable bonds is 6. The lowest BCUT2D eigenvalue weighted by atomic mass is 10.0. The molecule has 0 radical (unpaired) electrons. The Bertz CT molecular complexity index is 913. The summed E-state index contributed by atoms with van der Waals surface area (Å²) >= 11 is 3.08. The van der Waals surface area contributed by atoms with Crippen molar-refractivity contribution in [3.05, 3.63) is 45.1 Å². The van der Waals surface area contributed by atoms with Gasteiger partial charge in [-0.3, -0.25) is 9.59 Å². The van der Waals surface area contributed by atoms with Crippen molar-refractivity contribution in [1.82, 2.24) is 20.4 Å². The number of nitrogens with zero attached hydrogens (tertiary/aromatic N) is 3. The molecule has 7 nitrogen and oxygen atoms in total. The molecule has 0 spiro atoms. The van der Waals surface area contributed by atoms with Gasteiger partial charge in [0.15, 0.2) is 0 Å². The highest BCUT2D eigenvalue weighted by atomic mass is 32.1. The zero-order valence-electron chi connectivity index (χ0n) is 15.2. The number of aromatic nitrogens is 2. The first-order valence-corrected chi connectivity index (χ1v) is 11.0. The zero-order chi connectivity index (χ0) is 19.3. The molecule has 2 amide bonds. The molecule has 1 aliphatic rings. The molecule has 4 rings (SSSR count). The standard InChI is InChI=1S/C19H20N4O3S2/c24-17(2-1-16-21-18(22-26-16)13-5-9-27-11-13)23-7-3-15(4-8-23)20-19(25)14-6-10-28-12-14/h5-6,9-12,15H,1-4,7-8H2,(H,20,25). The van der Waals surface area contributed by atoms with Gasteiger partial charge in [-0.2, -0.15) is 27.7 Å². The van der Waals surface area contributed by atoms with Crippen molar-refractivity contribution in [3.8, 4) is 11.4 Å². The van der Waals surface area contributed by atoms with Crippen LogP contribution in [-0.2, 0) is 11.2 Å². The van der Waals surface area contributed by atoms with Crippen molar-refractivity contribution >= 4 is 34.5 Å². The molecule has 0 aliphatic carbocycles. The smallest absolute Gasteiger partial charge is 0.252 e. The first-order chi connectivity index (χ1) is 13.7. The van der Waals surface area contributed by atoms with Crippen molar-refractivity contribution in [2.45, 2.75) is 31.7 Å². The molecular weight excluding hydrogens is 396 g/mol.